The van der Waals surface area contributed by atoms with E-state index in [9.17, 15) is 0 Å². The third-order valence-electron chi connectivity index (χ3n) is 11.1. The van der Waals surface area contributed by atoms with Crippen molar-refractivity contribution >= 4 is 40.5 Å². The number of hydrogen-bond acceptors (Lipinski definition) is 2. The number of rotatable bonds is 0. The molecule has 196 valence electrons. The number of fused-ring (bicyclic) bond motifs is 6. The minimum atomic E-state index is 0.145. The van der Waals surface area contributed by atoms with Gasteiger partial charge in [-0.3, -0.25) is 0 Å². The van der Waals surface area contributed by atoms with Crippen LogP contribution in [0.1, 0.15) is 66.8 Å². The van der Waals surface area contributed by atoms with Crippen LogP contribution in [0.4, 0.5) is 22.7 Å². The summed E-state index contributed by atoms with van der Waals surface area (Å²) in [6, 6.07) is 9.16. The maximum atomic E-state index is 2.76. The molecule has 0 atom stereocenters. The van der Waals surface area contributed by atoms with Crippen molar-refractivity contribution < 1.29 is 0 Å². The first-order valence-corrected chi connectivity index (χ1v) is 14.5. The van der Waals surface area contributed by atoms with Crippen LogP contribution < -0.4 is 20.6 Å². The van der Waals surface area contributed by atoms with E-state index in [0.717, 1.165) is 6.42 Å². The van der Waals surface area contributed by atoms with Gasteiger partial charge in [-0.05, 0) is 159 Å². The van der Waals surface area contributed by atoms with Crippen molar-refractivity contribution in [2.45, 2.75) is 75.7 Å². The van der Waals surface area contributed by atoms with Crippen molar-refractivity contribution in [2.75, 3.05) is 16.8 Å². The summed E-state index contributed by atoms with van der Waals surface area (Å²) in [4.78, 5) is 5.30. The molecular formula is C36H39BN2. The predicted octanol–water partition coefficient (Wildman–Crippen LogP) is 7.68. The molecule has 0 bridgehead atoms. The first-order chi connectivity index (χ1) is 18.5. The molecule has 3 aliphatic heterocycles. The molecule has 0 unspecified atom stereocenters. The van der Waals surface area contributed by atoms with Gasteiger partial charge < -0.3 is 9.71 Å². The van der Waals surface area contributed by atoms with Gasteiger partial charge in [-0.25, -0.2) is 0 Å². The number of para-hydroxylation sites is 1. The van der Waals surface area contributed by atoms with Crippen molar-refractivity contribution in [3.63, 3.8) is 0 Å². The van der Waals surface area contributed by atoms with E-state index in [4.69, 9.17) is 0 Å². The lowest BCUT2D eigenvalue weighted by Gasteiger charge is -2.50. The topological polar surface area (TPSA) is 6.48 Å². The molecule has 0 amide bonds. The quantitative estimate of drug-likeness (QED) is 0.224. The van der Waals surface area contributed by atoms with Gasteiger partial charge in [0.25, 0.3) is 0 Å². The first-order valence-electron chi connectivity index (χ1n) is 14.5. The molecule has 7 rings (SSSR count). The molecular weight excluding hydrogens is 471 g/mol. The van der Waals surface area contributed by atoms with Crippen molar-refractivity contribution in [3.05, 3.63) is 91.0 Å². The van der Waals surface area contributed by atoms with Crippen LogP contribution in [-0.4, -0.2) is 13.9 Å². The van der Waals surface area contributed by atoms with Gasteiger partial charge >= 0.3 is 6.85 Å². The Labute approximate surface area is 234 Å². The molecule has 4 aromatic carbocycles. The third kappa shape index (κ3) is 2.74. The molecule has 39 heavy (non-hydrogen) atoms. The van der Waals surface area contributed by atoms with Gasteiger partial charge in [0.05, 0.1) is 0 Å². The highest BCUT2D eigenvalue weighted by atomic mass is 15.2. The summed E-state index contributed by atoms with van der Waals surface area (Å²) in [5.74, 6) is 0. The smallest absolute Gasteiger partial charge is 0.333 e. The highest BCUT2D eigenvalue weighted by molar-refractivity contribution is 6.94. The molecule has 0 aromatic heterocycles. The lowest BCUT2D eigenvalue weighted by molar-refractivity contribution is 1.06. The summed E-state index contributed by atoms with van der Waals surface area (Å²) < 4.78 is 0. The van der Waals surface area contributed by atoms with E-state index < -0.39 is 0 Å². The first kappa shape index (κ1) is 24.6. The molecule has 0 radical (unpaired) electrons. The molecule has 3 heterocycles. The molecule has 3 heteroatoms. The van der Waals surface area contributed by atoms with Crippen LogP contribution >= 0.6 is 0 Å². The Balaban J connectivity index is 1.77. The summed E-state index contributed by atoms with van der Waals surface area (Å²) in [5.41, 5.74) is 28.8. The van der Waals surface area contributed by atoms with Crippen LogP contribution in [0.15, 0.2) is 24.3 Å². The van der Waals surface area contributed by atoms with Crippen molar-refractivity contribution in [1.29, 1.82) is 0 Å². The highest BCUT2D eigenvalue weighted by Gasteiger charge is 2.49. The molecule has 0 saturated carbocycles. The fourth-order valence-corrected chi connectivity index (χ4v) is 8.26. The van der Waals surface area contributed by atoms with E-state index >= 15 is 0 Å². The molecule has 3 aliphatic rings. The molecule has 0 N–H and O–H groups in total. The molecule has 0 aliphatic carbocycles. The highest BCUT2D eigenvalue weighted by Crippen LogP contribution is 2.54. The van der Waals surface area contributed by atoms with Gasteiger partial charge in [0.1, 0.15) is 0 Å². The van der Waals surface area contributed by atoms with Crippen LogP contribution in [0.5, 0.6) is 0 Å². The van der Waals surface area contributed by atoms with Gasteiger partial charge in [0.15, 0.2) is 0 Å². The zero-order valence-corrected chi connectivity index (χ0v) is 25.5. The number of anilines is 4. The Bertz CT molecular complexity index is 1810. The van der Waals surface area contributed by atoms with Crippen molar-refractivity contribution in [1.82, 2.24) is 0 Å². The largest absolute Gasteiger partial charge is 0.376 e. The van der Waals surface area contributed by atoms with Gasteiger partial charge in [-0.1, -0.05) is 18.2 Å². The van der Waals surface area contributed by atoms with Gasteiger partial charge in [-0.15, -0.1) is 0 Å². The Morgan fingerprint density at radius 3 is 1.77 bits per heavy atom. The molecule has 4 aromatic rings. The van der Waals surface area contributed by atoms with Crippen LogP contribution in [0.25, 0.3) is 11.1 Å². The summed E-state index contributed by atoms with van der Waals surface area (Å²) >= 11 is 0. The van der Waals surface area contributed by atoms with Crippen LogP contribution in [0.3, 0.4) is 0 Å². The van der Waals surface area contributed by atoms with E-state index in [-0.39, 0.29) is 6.85 Å². The predicted molar refractivity (Wildman–Crippen MR) is 170 cm³/mol. The Morgan fingerprint density at radius 1 is 0.538 bits per heavy atom. The zero-order valence-electron chi connectivity index (χ0n) is 25.5. The van der Waals surface area contributed by atoms with E-state index in [1.165, 1.54) is 112 Å². The Kier molecular flexibility index (Phi) is 4.92. The Hall–Kier alpha value is -3.46. The second-order valence-corrected chi connectivity index (χ2v) is 12.5. The standard InChI is InChI=1S/C36H39BN2/c1-17-18(2)25(9)34-32(24(17)8)37-33-30(22(6)20(4)26(10)35(33)38(34)11)31-23(7)19(3)21(5)28-16-27-14-12-13-15-29(27)39(37)36(28)31/h12-15H,16H2,1-11H3. The van der Waals surface area contributed by atoms with Crippen LogP contribution in [-0.2, 0) is 6.42 Å². The zero-order chi connectivity index (χ0) is 27.8. The minimum Gasteiger partial charge on any atom is -0.376 e. The fraction of sp³-hybridized carbons (Fsp3) is 0.333. The SMILES string of the molecule is Cc1c(C)c(C)c2c(c1C)B1c3c(c(C)c(C)c(C)c3N2C)-c2c(C)c(C)c(C)c3c2N1c1ccccc1C3. The number of hydrogen-bond donors (Lipinski definition) is 0. The molecule has 0 saturated heterocycles. The van der Waals surface area contributed by atoms with Crippen LogP contribution in [0.2, 0.25) is 0 Å². The van der Waals surface area contributed by atoms with Crippen molar-refractivity contribution in [3.8, 4) is 11.1 Å². The molecule has 0 spiro atoms. The lowest BCUT2D eigenvalue weighted by Crippen LogP contribution is -2.64. The van der Waals surface area contributed by atoms with E-state index in [1.807, 2.05) is 0 Å². The second-order valence-electron chi connectivity index (χ2n) is 12.5. The summed E-state index contributed by atoms with van der Waals surface area (Å²) in [5, 5.41) is 0. The van der Waals surface area contributed by atoms with Crippen molar-refractivity contribution in [2.24, 2.45) is 0 Å². The Morgan fingerprint density at radius 2 is 1.08 bits per heavy atom. The monoisotopic (exact) mass is 510 g/mol. The summed E-state index contributed by atoms with van der Waals surface area (Å²) in [6.07, 6.45) is 0.998. The van der Waals surface area contributed by atoms with E-state index in [2.05, 4.69) is 110 Å². The van der Waals surface area contributed by atoms with Gasteiger partial charge in [0.2, 0.25) is 0 Å². The fourth-order valence-electron chi connectivity index (χ4n) is 8.26. The number of benzene rings is 4. The summed E-state index contributed by atoms with van der Waals surface area (Å²) in [7, 11) is 2.31. The third-order valence-corrected chi connectivity index (χ3v) is 11.1. The molecule has 0 fully saturated rings. The van der Waals surface area contributed by atoms with E-state index in [1.54, 1.807) is 0 Å². The molecule has 2 nitrogen and oxygen atoms in total. The average molecular weight is 511 g/mol. The van der Waals surface area contributed by atoms with Gasteiger partial charge in [-0.2, -0.15) is 0 Å². The second kappa shape index (κ2) is 7.81. The van der Waals surface area contributed by atoms with Gasteiger partial charge in [0, 0.05) is 41.8 Å². The summed E-state index contributed by atoms with van der Waals surface area (Å²) in [6.45, 7) is 23.6. The normalized spacial score (nSPS) is 14.3. The number of nitrogens with zero attached hydrogens (tertiary/aromatic N) is 2. The minimum absolute atomic E-state index is 0.145. The van der Waals surface area contributed by atoms with E-state index in [0.29, 0.717) is 0 Å². The lowest BCUT2D eigenvalue weighted by atomic mass is 9.41. The maximum absolute atomic E-state index is 2.76. The maximum Gasteiger partial charge on any atom is 0.333 e. The van der Waals surface area contributed by atoms with Crippen LogP contribution in [0, 0.1) is 69.2 Å². The average Bonchev–Trinajstić information content (AvgIpc) is 2.93.